The van der Waals surface area contributed by atoms with Crippen molar-refractivity contribution < 1.29 is 29.3 Å². The third-order valence-electron chi connectivity index (χ3n) is 7.55. The number of carbonyl (C=O) groups excluding carboxylic acids is 2. The number of hydrogen-bond acceptors (Lipinski definition) is 8. The Morgan fingerprint density at radius 1 is 1.23 bits per heavy atom. The predicted molar refractivity (Wildman–Crippen MR) is 136 cm³/mol. The number of esters is 1. The van der Waals surface area contributed by atoms with Crippen LogP contribution in [-0.4, -0.2) is 57.0 Å². The fourth-order valence-electron chi connectivity index (χ4n) is 4.72. The molecule has 194 valence electrons. The molecular formula is C27H39NO6S. The number of aliphatic hydroxyl groups is 2. The lowest BCUT2D eigenvalue weighted by Gasteiger charge is -2.33. The van der Waals surface area contributed by atoms with Gasteiger partial charge in [-0.15, -0.1) is 11.3 Å². The summed E-state index contributed by atoms with van der Waals surface area (Å²) in [5.41, 5.74) is 0.809. The molecule has 0 saturated carbocycles. The molecule has 3 heterocycles. The van der Waals surface area contributed by atoms with E-state index < -0.39 is 35.6 Å². The van der Waals surface area contributed by atoms with Gasteiger partial charge in [-0.25, -0.2) is 4.98 Å². The van der Waals surface area contributed by atoms with E-state index in [-0.39, 0.29) is 23.9 Å². The highest BCUT2D eigenvalue weighted by Crippen LogP contribution is 2.44. The number of cyclic esters (lactones) is 1. The molecule has 6 atom stereocenters. The Morgan fingerprint density at radius 2 is 1.91 bits per heavy atom. The van der Waals surface area contributed by atoms with Crippen LogP contribution in [0.25, 0.3) is 6.08 Å². The Kier molecular flexibility index (Phi) is 8.41. The van der Waals surface area contributed by atoms with Crippen LogP contribution in [0.1, 0.15) is 77.9 Å². The van der Waals surface area contributed by atoms with Crippen molar-refractivity contribution in [2.45, 2.75) is 104 Å². The monoisotopic (exact) mass is 505 g/mol. The zero-order chi connectivity index (χ0) is 26.1. The number of epoxide rings is 1. The van der Waals surface area contributed by atoms with Gasteiger partial charge >= 0.3 is 5.97 Å². The quantitative estimate of drug-likeness (QED) is 0.348. The minimum atomic E-state index is -1.25. The molecule has 1 fully saturated rings. The molecule has 1 aromatic heterocycles. The van der Waals surface area contributed by atoms with Crippen LogP contribution >= 0.6 is 11.3 Å². The van der Waals surface area contributed by atoms with Crippen LogP contribution < -0.4 is 0 Å². The number of ether oxygens (including phenoxy) is 2. The van der Waals surface area contributed by atoms with Gasteiger partial charge in [0.2, 0.25) is 0 Å². The van der Waals surface area contributed by atoms with Crippen LogP contribution in [0, 0.1) is 18.3 Å². The van der Waals surface area contributed by atoms with E-state index in [1.807, 2.05) is 45.2 Å². The number of aromatic nitrogens is 1. The Morgan fingerprint density at radius 3 is 2.54 bits per heavy atom. The maximum Gasteiger partial charge on any atom is 0.309 e. The lowest BCUT2D eigenvalue weighted by molar-refractivity contribution is -0.154. The number of rotatable bonds is 2. The molecular weight excluding hydrogens is 466 g/mol. The second kappa shape index (κ2) is 10.6. The van der Waals surface area contributed by atoms with E-state index in [4.69, 9.17) is 9.47 Å². The molecule has 0 radical (unpaired) electrons. The van der Waals surface area contributed by atoms with Crippen molar-refractivity contribution in [2.24, 2.45) is 11.3 Å². The van der Waals surface area contributed by atoms with Crippen LogP contribution in [0.4, 0.5) is 0 Å². The van der Waals surface area contributed by atoms with E-state index in [2.05, 4.69) is 4.98 Å². The van der Waals surface area contributed by atoms with Crippen molar-refractivity contribution in [1.29, 1.82) is 0 Å². The van der Waals surface area contributed by atoms with Crippen molar-refractivity contribution in [2.75, 3.05) is 0 Å². The molecule has 0 aromatic carbocycles. The number of thiazole rings is 1. The minimum absolute atomic E-state index is 0.0748. The molecule has 0 bridgehead atoms. The van der Waals surface area contributed by atoms with Crippen LogP contribution in [0.5, 0.6) is 0 Å². The molecule has 0 amide bonds. The van der Waals surface area contributed by atoms with E-state index in [1.165, 1.54) is 0 Å². The van der Waals surface area contributed by atoms with Gasteiger partial charge in [-0.2, -0.15) is 0 Å². The topological polar surface area (TPSA) is 109 Å². The predicted octanol–water partition coefficient (Wildman–Crippen LogP) is 4.40. The van der Waals surface area contributed by atoms with E-state index >= 15 is 0 Å². The van der Waals surface area contributed by atoms with Gasteiger partial charge in [0, 0.05) is 17.7 Å². The Balaban J connectivity index is 1.89. The van der Waals surface area contributed by atoms with Gasteiger partial charge in [0.05, 0.1) is 46.5 Å². The zero-order valence-corrected chi connectivity index (χ0v) is 22.6. The third-order valence-corrected chi connectivity index (χ3v) is 8.34. The molecule has 8 heteroatoms. The Hall–Kier alpha value is -1.87. The second-order valence-electron chi connectivity index (χ2n) is 10.8. The van der Waals surface area contributed by atoms with Crippen LogP contribution in [0.2, 0.25) is 0 Å². The highest BCUT2D eigenvalue weighted by molar-refractivity contribution is 7.09. The number of aryl methyl sites for hydroxylation is 1. The van der Waals surface area contributed by atoms with Gasteiger partial charge in [0.1, 0.15) is 11.9 Å². The molecule has 1 aromatic rings. The average Bonchev–Trinajstić information content (AvgIpc) is 3.22. The van der Waals surface area contributed by atoms with Crippen molar-refractivity contribution in [3.05, 3.63) is 33.3 Å². The molecule has 3 rings (SSSR count). The molecule has 2 aliphatic rings. The van der Waals surface area contributed by atoms with Crippen molar-refractivity contribution >= 4 is 29.2 Å². The number of ketones is 1. The lowest BCUT2D eigenvalue weighted by atomic mass is 9.74. The summed E-state index contributed by atoms with van der Waals surface area (Å²) in [7, 11) is 0. The summed E-state index contributed by atoms with van der Waals surface area (Å²) in [5.74, 6) is -1.60. The normalized spacial score (nSPS) is 36.7. The van der Waals surface area contributed by atoms with Gasteiger partial charge in [-0.3, -0.25) is 9.59 Å². The van der Waals surface area contributed by atoms with E-state index in [9.17, 15) is 19.8 Å². The first-order valence-corrected chi connectivity index (χ1v) is 13.2. The molecule has 0 unspecified atom stereocenters. The summed E-state index contributed by atoms with van der Waals surface area (Å²) in [5, 5.41) is 24.5. The summed E-state index contributed by atoms with van der Waals surface area (Å²) < 4.78 is 11.9. The number of hydrogen-bond donors (Lipinski definition) is 2. The summed E-state index contributed by atoms with van der Waals surface area (Å²) >= 11 is 1.55. The largest absolute Gasteiger partial charge is 0.458 e. The fraction of sp³-hybridized carbons (Fsp3) is 0.667. The zero-order valence-electron chi connectivity index (χ0n) is 21.8. The maximum absolute atomic E-state index is 13.2. The molecule has 2 aliphatic heterocycles. The molecule has 1 saturated heterocycles. The Labute approximate surface area is 212 Å². The first kappa shape index (κ1) is 27.7. The summed E-state index contributed by atoms with van der Waals surface area (Å²) in [6, 6.07) is 0. The number of carbonyl (C=O) groups is 2. The van der Waals surface area contributed by atoms with Crippen molar-refractivity contribution in [1.82, 2.24) is 4.98 Å². The number of allylic oxidation sites excluding steroid dienone is 1. The van der Waals surface area contributed by atoms with Gasteiger partial charge in [0.15, 0.2) is 0 Å². The van der Waals surface area contributed by atoms with E-state index in [1.54, 1.807) is 32.1 Å². The van der Waals surface area contributed by atoms with Crippen molar-refractivity contribution in [3.8, 4) is 0 Å². The lowest BCUT2D eigenvalue weighted by Crippen LogP contribution is -2.44. The van der Waals surface area contributed by atoms with Crippen LogP contribution in [-0.2, 0) is 19.1 Å². The first-order valence-electron chi connectivity index (χ1n) is 12.3. The summed E-state index contributed by atoms with van der Waals surface area (Å²) in [6.07, 6.45) is 2.69. The highest BCUT2D eigenvalue weighted by Gasteiger charge is 2.52. The summed E-state index contributed by atoms with van der Waals surface area (Å²) in [6.45, 7) is 12.6. The molecule has 0 spiro atoms. The minimum Gasteiger partial charge on any atom is -0.458 e. The molecule has 7 nitrogen and oxygen atoms in total. The second-order valence-corrected chi connectivity index (χ2v) is 11.9. The maximum atomic E-state index is 13.2. The summed E-state index contributed by atoms with van der Waals surface area (Å²) in [4.78, 5) is 30.6. The van der Waals surface area contributed by atoms with Gasteiger partial charge in [-0.05, 0) is 57.8 Å². The van der Waals surface area contributed by atoms with Gasteiger partial charge < -0.3 is 19.7 Å². The Bertz CT molecular complexity index is 1010. The van der Waals surface area contributed by atoms with E-state index in [0.29, 0.717) is 12.8 Å². The number of fused-ring (bicyclic) bond motifs is 1. The van der Waals surface area contributed by atoms with Crippen LogP contribution in [0.15, 0.2) is 22.6 Å². The third kappa shape index (κ3) is 6.47. The standard InChI is InChI=1S/C27H39NO6S/c1-15-9-8-10-27(7)22(34-27)12-20(16(2)11-19-14-35-18(4)28-19)33-23(30)13-21(29)26(5,6)25(32)17(3)24(15)31/h9,11,14,17,20-22,24,29,31H,8,10,12-13H2,1-7H3/b15-9+,16-11?/t17-,20+,21+,22-,24+,27-/m1/s1. The van der Waals surface area contributed by atoms with Crippen LogP contribution in [0.3, 0.4) is 0 Å². The van der Waals surface area contributed by atoms with E-state index in [0.717, 1.165) is 28.3 Å². The highest BCUT2D eigenvalue weighted by atomic mass is 32.1. The molecule has 0 aliphatic carbocycles. The molecule has 2 N–H and O–H groups in total. The van der Waals surface area contributed by atoms with Gasteiger partial charge in [-0.1, -0.05) is 26.8 Å². The number of nitrogens with zero attached hydrogens (tertiary/aromatic N) is 1. The fourth-order valence-corrected chi connectivity index (χ4v) is 5.29. The van der Waals surface area contributed by atoms with Crippen molar-refractivity contribution in [3.63, 3.8) is 0 Å². The first-order chi connectivity index (χ1) is 16.2. The number of Topliss-reactive ketones (excluding diaryl/α,β-unsaturated/α-hetero) is 1. The van der Waals surface area contributed by atoms with Gasteiger partial charge in [0.25, 0.3) is 0 Å². The molecule has 35 heavy (non-hydrogen) atoms. The smallest absolute Gasteiger partial charge is 0.309 e. The number of aliphatic hydroxyl groups excluding tert-OH is 2. The SMILES string of the molecule is CC(=Cc1csc(C)n1)[C@@H]1C[C@H]2O[C@]2(C)CC/C=C(\C)[C@H](O)[C@@H](C)C(=O)C(C)(C)[C@@H](O)CC(=O)O1. The average molecular weight is 506 g/mol.